The third-order valence-corrected chi connectivity index (χ3v) is 5.23. The van der Waals surface area contributed by atoms with Crippen molar-refractivity contribution in [2.45, 2.75) is 39.3 Å². The van der Waals surface area contributed by atoms with Crippen molar-refractivity contribution in [2.24, 2.45) is 7.05 Å². The number of nitrogens with one attached hydrogen (secondary N) is 1. The van der Waals surface area contributed by atoms with Crippen LogP contribution in [0.4, 0.5) is 0 Å². The van der Waals surface area contributed by atoms with Crippen molar-refractivity contribution >= 4 is 17.5 Å². The number of hydrogen-bond donors (Lipinski definition) is 1. The molecule has 1 aromatic carbocycles. The van der Waals surface area contributed by atoms with Crippen LogP contribution in [0.2, 0.25) is 5.02 Å². The molecule has 6 heteroatoms. The predicted octanol–water partition coefficient (Wildman–Crippen LogP) is 3.08. The molecule has 2 aromatic rings. The fraction of sp³-hybridized carbons (Fsp3) is 0.474. The van der Waals surface area contributed by atoms with E-state index in [0.29, 0.717) is 5.56 Å². The highest BCUT2D eigenvalue weighted by molar-refractivity contribution is 6.30. The minimum atomic E-state index is -0.000693. The number of benzene rings is 1. The molecule has 0 unspecified atom stereocenters. The van der Waals surface area contributed by atoms with Gasteiger partial charge in [-0.2, -0.15) is 5.10 Å². The summed E-state index contributed by atoms with van der Waals surface area (Å²) >= 11 is 5.94. The molecule has 2 heterocycles. The summed E-state index contributed by atoms with van der Waals surface area (Å²) in [6.45, 7) is 6.72. The number of halogens is 1. The highest BCUT2D eigenvalue weighted by atomic mass is 35.5. The maximum Gasteiger partial charge on any atom is 0.255 e. The molecule has 0 bridgehead atoms. The summed E-state index contributed by atoms with van der Waals surface area (Å²) in [5.74, 6) is -0.000693. The Kier molecular flexibility index (Phi) is 5.45. The second-order valence-corrected chi connectivity index (χ2v) is 7.26. The Morgan fingerprint density at radius 1 is 1.24 bits per heavy atom. The van der Waals surface area contributed by atoms with Gasteiger partial charge in [-0.3, -0.25) is 14.4 Å². The Morgan fingerprint density at radius 2 is 1.88 bits per heavy atom. The molecular weight excluding hydrogens is 336 g/mol. The van der Waals surface area contributed by atoms with Crippen molar-refractivity contribution < 1.29 is 4.79 Å². The van der Waals surface area contributed by atoms with Crippen LogP contribution in [0.1, 0.15) is 40.2 Å². The molecule has 1 fully saturated rings. The van der Waals surface area contributed by atoms with Crippen LogP contribution >= 0.6 is 11.6 Å². The SMILES string of the molecule is Cc1nn(C)c(C)c1C(=O)NC1CCN(Cc2ccc(Cl)cc2)CC1. The van der Waals surface area contributed by atoms with E-state index in [1.807, 2.05) is 33.0 Å². The quantitative estimate of drug-likeness (QED) is 0.911. The molecule has 5 nitrogen and oxygen atoms in total. The Balaban J connectivity index is 1.52. The van der Waals surface area contributed by atoms with Crippen molar-refractivity contribution in [2.75, 3.05) is 13.1 Å². The van der Waals surface area contributed by atoms with Crippen LogP contribution < -0.4 is 5.32 Å². The van der Waals surface area contributed by atoms with Gasteiger partial charge < -0.3 is 5.32 Å². The Labute approximate surface area is 154 Å². The first-order chi connectivity index (χ1) is 11.9. The van der Waals surface area contributed by atoms with Gasteiger partial charge in [-0.15, -0.1) is 0 Å². The number of carbonyl (C=O) groups excluding carboxylic acids is 1. The van der Waals surface area contributed by atoms with Gasteiger partial charge in [-0.25, -0.2) is 0 Å². The summed E-state index contributed by atoms with van der Waals surface area (Å²) in [7, 11) is 1.87. The zero-order valence-corrected chi connectivity index (χ0v) is 15.8. The third-order valence-electron chi connectivity index (χ3n) is 4.98. The Hall–Kier alpha value is -1.85. The normalized spacial score (nSPS) is 16.2. The number of rotatable bonds is 4. The molecule has 1 aliphatic heterocycles. The maximum atomic E-state index is 12.6. The lowest BCUT2D eigenvalue weighted by atomic mass is 10.0. The van der Waals surface area contributed by atoms with E-state index >= 15 is 0 Å². The Bertz CT molecular complexity index is 746. The molecule has 1 saturated heterocycles. The second-order valence-electron chi connectivity index (χ2n) is 6.82. The standard InChI is InChI=1S/C19H25ClN4O/c1-13-18(14(2)23(3)22-13)19(25)21-17-8-10-24(11-9-17)12-15-4-6-16(20)7-5-15/h4-7,17H,8-12H2,1-3H3,(H,21,25). The van der Waals surface area contributed by atoms with E-state index in [2.05, 4.69) is 27.4 Å². The number of aryl methyl sites for hydroxylation is 2. The first-order valence-electron chi connectivity index (χ1n) is 8.72. The average molecular weight is 361 g/mol. The van der Waals surface area contributed by atoms with Crippen LogP contribution in [0.25, 0.3) is 0 Å². The monoisotopic (exact) mass is 360 g/mol. The van der Waals surface area contributed by atoms with Gasteiger partial charge in [-0.05, 0) is 44.4 Å². The van der Waals surface area contributed by atoms with Crippen LogP contribution in [0.5, 0.6) is 0 Å². The van der Waals surface area contributed by atoms with Gasteiger partial charge in [0.1, 0.15) is 0 Å². The van der Waals surface area contributed by atoms with Gasteiger partial charge >= 0.3 is 0 Å². The van der Waals surface area contributed by atoms with Crippen LogP contribution in [-0.2, 0) is 13.6 Å². The van der Waals surface area contributed by atoms with Crippen molar-refractivity contribution in [3.05, 3.63) is 51.8 Å². The van der Waals surface area contributed by atoms with E-state index < -0.39 is 0 Å². The van der Waals surface area contributed by atoms with E-state index in [-0.39, 0.29) is 11.9 Å². The highest BCUT2D eigenvalue weighted by Gasteiger charge is 2.24. The highest BCUT2D eigenvalue weighted by Crippen LogP contribution is 2.17. The van der Waals surface area contributed by atoms with Gasteiger partial charge in [0.15, 0.2) is 0 Å². The Morgan fingerprint density at radius 3 is 2.44 bits per heavy atom. The summed E-state index contributed by atoms with van der Waals surface area (Å²) < 4.78 is 1.76. The average Bonchev–Trinajstić information content (AvgIpc) is 2.84. The van der Waals surface area contributed by atoms with Crippen molar-refractivity contribution in [3.8, 4) is 0 Å². The smallest absolute Gasteiger partial charge is 0.255 e. The van der Waals surface area contributed by atoms with Gasteiger partial charge in [0.25, 0.3) is 5.91 Å². The number of likely N-dealkylation sites (tertiary alicyclic amines) is 1. The molecule has 25 heavy (non-hydrogen) atoms. The maximum absolute atomic E-state index is 12.6. The van der Waals surface area contributed by atoms with Crippen LogP contribution in [-0.4, -0.2) is 39.7 Å². The zero-order chi connectivity index (χ0) is 18.0. The second kappa shape index (κ2) is 7.58. The minimum Gasteiger partial charge on any atom is -0.349 e. The summed E-state index contributed by atoms with van der Waals surface area (Å²) in [6.07, 6.45) is 1.94. The lowest BCUT2D eigenvalue weighted by Gasteiger charge is -2.32. The first kappa shape index (κ1) is 18.0. The van der Waals surface area contributed by atoms with Crippen molar-refractivity contribution in [1.82, 2.24) is 20.0 Å². The molecule has 0 spiro atoms. The van der Waals surface area contributed by atoms with Gasteiger partial charge in [0.2, 0.25) is 0 Å². The molecule has 1 aromatic heterocycles. The van der Waals surface area contributed by atoms with E-state index in [0.717, 1.165) is 48.9 Å². The number of aromatic nitrogens is 2. The number of amides is 1. The molecule has 3 rings (SSSR count). The van der Waals surface area contributed by atoms with Crippen molar-refractivity contribution in [1.29, 1.82) is 0 Å². The molecule has 0 saturated carbocycles. The number of carbonyl (C=O) groups is 1. The molecule has 1 aliphatic rings. The molecular formula is C19H25ClN4O. The number of hydrogen-bond acceptors (Lipinski definition) is 3. The lowest BCUT2D eigenvalue weighted by molar-refractivity contribution is 0.0907. The first-order valence-corrected chi connectivity index (χ1v) is 9.09. The molecule has 0 aliphatic carbocycles. The fourth-order valence-corrected chi connectivity index (χ4v) is 3.57. The molecule has 134 valence electrons. The fourth-order valence-electron chi connectivity index (χ4n) is 3.44. The lowest BCUT2D eigenvalue weighted by Crippen LogP contribution is -2.44. The topological polar surface area (TPSA) is 50.2 Å². The van der Waals surface area contributed by atoms with Gasteiger partial charge in [0.05, 0.1) is 11.3 Å². The molecule has 1 amide bonds. The van der Waals surface area contributed by atoms with Gasteiger partial charge in [0, 0.05) is 43.4 Å². The molecule has 0 radical (unpaired) electrons. The van der Waals surface area contributed by atoms with Crippen LogP contribution in [0.3, 0.4) is 0 Å². The van der Waals surface area contributed by atoms with Gasteiger partial charge in [-0.1, -0.05) is 23.7 Å². The number of piperidine rings is 1. The summed E-state index contributed by atoms with van der Waals surface area (Å²) in [6, 6.07) is 8.24. The summed E-state index contributed by atoms with van der Waals surface area (Å²) in [5, 5.41) is 8.28. The van der Waals surface area contributed by atoms with E-state index in [9.17, 15) is 4.79 Å². The number of nitrogens with zero attached hydrogens (tertiary/aromatic N) is 3. The largest absolute Gasteiger partial charge is 0.349 e. The van der Waals surface area contributed by atoms with Crippen LogP contribution in [0.15, 0.2) is 24.3 Å². The van der Waals surface area contributed by atoms with E-state index in [4.69, 9.17) is 11.6 Å². The molecule has 0 atom stereocenters. The van der Waals surface area contributed by atoms with E-state index in [1.165, 1.54) is 5.56 Å². The summed E-state index contributed by atoms with van der Waals surface area (Å²) in [5.41, 5.74) is 3.69. The summed E-state index contributed by atoms with van der Waals surface area (Å²) in [4.78, 5) is 15.0. The zero-order valence-electron chi connectivity index (χ0n) is 15.1. The van der Waals surface area contributed by atoms with Crippen LogP contribution in [0, 0.1) is 13.8 Å². The minimum absolute atomic E-state index is 0.000693. The predicted molar refractivity (Wildman–Crippen MR) is 99.9 cm³/mol. The van der Waals surface area contributed by atoms with Crippen molar-refractivity contribution in [3.63, 3.8) is 0 Å². The third kappa shape index (κ3) is 4.22. The molecule has 1 N–H and O–H groups in total. The van der Waals surface area contributed by atoms with E-state index in [1.54, 1.807) is 4.68 Å².